The lowest BCUT2D eigenvalue weighted by Gasteiger charge is -2.21. The van der Waals surface area contributed by atoms with E-state index in [1.54, 1.807) is 29.0 Å². The van der Waals surface area contributed by atoms with E-state index in [0.717, 1.165) is 16.9 Å². The van der Waals surface area contributed by atoms with Crippen LogP contribution in [0.2, 0.25) is 0 Å². The van der Waals surface area contributed by atoms with Crippen molar-refractivity contribution in [1.29, 1.82) is 0 Å². The van der Waals surface area contributed by atoms with Crippen LogP contribution in [0.5, 0.6) is 0 Å². The molecule has 0 aliphatic rings. The van der Waals surface area contributed by atoms with Crippen LogP contribution in [-0.2, 0) is 11.3 Å². The highest BCUT2D eigenvalue weighted by molar-refractivity contribution is 5.97. The van der Waals surface area contributed by atoms with Gasteiger partial charge in [-0.25, -0.2) is 0 Å². The van der Waals surface area contributed by atoms with Crippen molar-refractivity contribution in [3.63, 3.8) is 0 Å². The van der Waals surface area contributed by atoms with Crippen molar-refractivity contribution in [2.75, 3.05) is 30.4 Å². The van der Waals surface area contributed by atoms with Crippen LogP contribution < -0.4 is 10.2 Å². The van der Waals surface area contributed by atoms with E-state index in [1.165, 1.54) is 0 Å². The zero-order valence-corrected chi connectivity index (χ0v) is 17.4. The molecule has 0 unspecified atom stereocenters. The summed E-state index contributed by atoms with van der Waals surface area (Å²) in [7, 11) is 1.79. The first-order valence-corrected chi connectivity index (χ1v) is 10.1. The van der Waals surface area contributed by atoms with Gasteiger partial charge in [0, 0.05) is 37.1 Å². The lowest BCUT2D eigenvalue weighted by molar-refractivity contribution is -0.116. The van der Waals surface area contributed by atoms with Crippen LogP contribution in [-0.4, -0.2) is 36.9 Å². The fourth-order valence-electron chi connectivity index (χ4n) is 3.30. The quantitative estimate of drug-likeness (QED) is 0.608. The molecule has 2 amide bonds. The standard InChI is InChI=1S/C25H27N3O2/c1-3-28(23-15-8-5-9-16-23)24(29)18-26-22-14-10-13-21(17-22)25(30)27(2)19-20-11-6-4-7-12-20/h4-17,26H,3,18-19H2,1-2H3. The zero-order chi connectivity index (χ0) is 21.3. The van der Waals surface area contributed by atoms with Crippen molar-refractivity contribution in [3.05, 3.63) is 96.1 Å². The minimum Gasteiger partial charge on any atom is -0.376 e. The van der Waals surface area contributed by atoms with Crippen molar-refractivity contribution < 1.29 is 9.59 Å². The number of rotatable bonds is 8. The summed E-state index contributed by atoms with van der Waals surface area (Å²) >= 11 is 0. The van der Waals surface area contributed by atoms with Crippen LogP contribution in [0.4, 0.5) is 11.4 Å². The van der Waals surface area contributed by atoms with Crippen LogP contribution in [0.3, 0.4) is 0 Å². The summed E-state index contributed by atoms with van der Waals surface area (Å²) in [5.41, 5.74) is 3.28. The molecule has 154 valence electrons. The number of amides is 2. The molecule has 0 saturated heterocycles. The second-order valence-corrected chi connectivity index (χ2v) is 7.05. The van der Waals surface area contributed by atoms with E-state index in [0.29, 0.717) is 18.7 Å². The Bertz CT molecular complexity index is 974. The van der Waals surface area contributed by atoms with E-state index in [-0.39, 0.29) is 18.4 Å². The molecule has 0 spiro atoms. The fourth-order valence-corrected chi connectivity index (χ4v) is 3.30. The molecule has 30 heavy (non-hydrogen) atoms. The van der Waals surface area contributed by atoms with Crippen LogP contribution in [0.25, 0.3) is 0 Å². The van der Waals surface area contributed by atoms with E-state index in [4.69, 9.17) is 0 Å². The summed E-state index contributed by atoms with van der Waals surface area (Å²) < 4.78 is 0. The maximum atomic E-state index is 12.8. The first-order valence-electron chi connectivity index (χ1n) is 10.1. The van der Waals surface area contributed by atoms with E-state index >= 15 is 0 Å². The minimum absolute atomic E-state index is 0.0263. The topological polar surface area (TPSA) is 52.7 Å². The number of hydrogen-bond acceptors (Lipinski definition) is 3. The Labute approximate surface area is 177 Å². The molecule has 3 aromatic carbocycles. The number of benzene rings is 3. The summed E-state index contributed by atoms with van der Waals surface area (Å²) in [5, 5.41) is 3.15. The van der Waals surface area contributed by atoms with Gasteiger partial charge in [0.2, 0.25) is 5.91 Å². The van der Waals surface area contributed by atoms with Gasteiger partial charge in [-0.15, -0.1) is 0 Å². The van der Waals surface area contributed by atoms with E-state index in [2.05, 4.69) is 5.32 Å². The third kappa shape index (κ3) is 5.47. The fraction of sp³-hybridized carbons (Fsp3) is 0.200. The lowest BCUT2D eigenvalue weighted by atomic mass is 10.1. The molecule has 0 aromatic heterocycles. The molecular formula is C25H27N3O2. The van der Waals surface area contributed by atoms with Gasteiger partial charge in [-0.1, -0.05) is 54.6 Å². The van der Waals surface area contributed by atoms with Gasteiger partial charge in [0.05, 0.1) is 6.54 Å². The van der Waals surface area contributed by atoms with Gasteiger partial charge in [-0.05, 0) is 42.8 Å². The molecule has 5 heteroatoms. The van der Waals surface area contributed by atoms with Crippen LogP contribution >= 0.6 is 0 Å². The average molecular weight is 402 g/mol. The second kappa shape index (κ2) is 10.3. The summed E-state index contributed by atoms with van der Waals surface area (Å²) in [4.78, 5) is 28.9. The molecule has 3 aromatic rings. The second-order valence-electron chi connectivity index (χ2n) is 7.05. The maximum Gasteiger partial charge on any atom is 0.253 e. The molecule has 0 fully saturated rings. The Morgan fingerprint density at radius 1 is 0.867 bits per heavy atom. The number of likely N-dealkylation sites (N-methyl/N-ethyl adjacent to an activating group) is 1. The van der Waals surface area contributed by atoms with Crippen molar-refractivity contribution in [2.45, 2.75) is 13.5 Å². The lowest BCUT2D eigenvalue weighted by Crippen LogP contribution is -2.35. The molecule has 0 saturated carbocycles. The third-order valence-electron chi connectivity index (χ3n) is 4.85. The number of nitrogens with zero attached hydrogens (tertiary/aromatic N) is 2. The Hall–Kier alpha value is -3.60. The number of nitrogens with one attached hydrogen (secondary N) is 1. The summed E-state index contributed by atoms with van der Waals surface area (Å²) in [6.07, 6.45) is 0. The maximum absolute atomic E-state index is 12.8. The van der Waals surface area contributed by atoms with Crippen LogP contribution in [0.1, 0.15) is 22.8 Å². The molecular weight excluding hydrogens is 374 g/mol. The number of anilines is 2. The van der Waals surface area contributed by atoms with Crippen molar-refractivity contribution in [2.24, 2.45) is 0 Å². The minimum atomic E-state index is -0.0618. The van der Waals surface area contributed by atoms with Crippen LogP contribution in [0, 0.1) is 0 Å². The molecule has 0 aliphatic heterocycles. The SMILES string of the molecule is CCN(C(=O)CNc1cccc(C(=O)N(C)Cc2ccccc2)c1)c1ccccc1. The van der Waals surface area contributed by atoms with E-state index in [1.807, 2.05) is 79.7 Å². The Morgan fingerprint density at radius 2 is 1.53 bits per heavy atom. The molecule has 0 heterocycles. The number of carbonyl (C=O) groups is 2. The summed E-state index contributed by atoms with van der Waals surface area (Å²) in [6, 6.07) is 26.7. The Kier molecular flexibility index (Phi) is 7.22. The van der Waals surface area contributed by atoms with Crippen molar-refractivity contribution >= 4 is 23.2 Å². The van der Waals surface area contributed by atoms with E-state index < -0.39 is 0 Å². The highest BCUT2D eigenvalue weighted by Gasteiger charge is 2.15. The largest absolute Gasteiger partial charge is 0.376 e. The predicted molar refractivity (Wildman–Crippen MR) is 122 cm³/mol. The molecule has 0 radical (unpaired) electrons. The van der Waals surface area contributed by atoms with Gasteiger partial charge in [0.1, 0.15) is 0 Å². The summed E-state index contributed by atoms with van der Waals surface area (Å²) in [6.45, 7) is 3.23. The van der Waals surface area contributed by atoms with Crippen molar-refractivity contribution in [1.82, 2.24) is 4.90 Å². The zero-order valence-electron chi connectivity index (χ0n) is 17.4. The Balaban J connectivity index is 1.62. The summed E-state index contributed by atoms with van der Waals surface area (Å²) in [5.74, 6) is -0.0880. The van der Waals surface area contributed by atoms with Gasteiger partial charge in [-0.2, -0.15) is 0 Å². The molecule has 0 bridgehead atoms. The molecule has 3 rings (SSSR count). The van der Waals surface area contributed by atoms with Gasteiger partial charge in [0.15, 0.2) is 0 Å². The third-order valence-corrected chi connectivity index (χ3v) is 4.85. The highest BCUT2D eigenvalue weighted by atomic mass is 16.2. The van der Waals surface area contributed by atoms with Gasteiger partial charge >= 0.3 is 0 Å². The van der Waals surface area contributed by atoms with Gasteiger partial charge < -0.3 is 15.1 Å². The highest BCUT2D eigenvalue weighted by Crippen LogP contribution is 2.16. The average Bonchev–Trinajstić information content (AvgIpc) is 2.79. The van der Waals surface area contributed by atoms with Crippen molar-refractivity contribution in [3.8, 4) is 0 Å². The number of para-hydroxylation sites is 1. The number of carbonyl (C=O) groups excluding carboxylic acids is 2. The number of hydrogen-bond donors (Lipinski definition) is 1. The van der Waals surface area contributed by atoms with Crippen LogP contribution in [0.15, 0.2) is 84.9 Å². The predicted octanol–water partition coefficient (Wildman–Crippen LogP) is 4.42. The van der Waals surface area contributed by atoms with Gasteiger partial charge in [-0.3, -0.25) is 9.59 Å². The molecule has 0 aliphatic carbocycles. The molecule has 0 atom stereocenters. The molecule has 5 nitrogen and oxygen atoms in total. The van der Waals surface area contributed by atoms with E-state index in [9.17, 15) is 9.59 Å². The first kappa shape index (κ1) is 21.1. The smallest absolute Gasteiger partial charge is 0.253 e. The Morgan fingerprint density at radius 3 is 2.20 bits per heavy atom. The van der Waals surface area contributed by atoms with Gasteiger partial charge in [0.25, 0.3) is 5.91 Å². The normalized spacial score (nSPS) is 10.3. The first-order chi connectivity index (χ1) is 14.6. The molecule has 1 N–H and O–H groups in total. The monoisotopic (exact) mass is 401 g/mol.